The zero-order valence-electron chi connectivity index (χ0n) is 11.6. The summed E-state index contributed by atoms with van der Waals surface area (Å²) in [4.78, 5) is 6.80. The molecule has 2 aromatic rings. The van der Waals surface area contributed by atoms with Crippen molar-refractivity contribution in [2.45, 2.75) is 12.5 Å². The summed E-state index contributed by atoms with van der Waals surface area (Å²) in [7, 11) is 2.08. The molecule has 0 radical (unpaired) electrons. The SMILES string of the molecule is CN(Cc1ccncc1)CC(C(N)=S)c1ccccc1. The maximum Gasteiger partial charge on any atom is 0.0816 e. The first-order chi connectivity index (χ1) is 9.66. The van der Waals surface area contributed by atoms with Crippen LogP contribution in [0.4, 0.5) is 0 Å². The lowest BCUT2D eigenvalue weighted by Crippen LogP contribution is -2.31. The van der Waals surface area contributed by atoms with E-state index in [0.29, 0.717) is 4.99 Å². The van der Waals surface area contributed by atoms with Crippen molar-refractivity contribution in [1.82, 2.24) is 9.88 Å². The highest BCUT2D eigenvalue weighted by molar-refractivity contribution is 7.80. The van der Waals surface area contributed by atoms with Gasteiger partial charge in [0.2, 0.25) is 0 Å². The Hall–Kier alpha value is -1.78. The fourth-order valence-corrected chi connectivity index (χ4v) is 2.43. The molecule has 104 valence electrons. The van der Waals surface area contributed by atoms with Gasteiger partial charge >= 0.3 is 0 Å². The molecule has 0 aliphatic rings. The van der Waals surface area contributed by atoms with Crippen molar-refractivity contribution in [3.63, 3.8) is 0 Å². The van der Waals surface area contributed by atoms with Crippen molar-refractivity contribution in [3.05, 3.63) is 66.0 Å². The Morgan fingerprint density at radius 2 is 1.85 bits per heavy atom. The predicted molar refractivity (Wildman–Crippen MR) is 86.5 cm³/mol. The number of hydrogen-bond acceptors (Lipinski definition) is 3. The van der Waals surface area contributed by atoms with Gasteiger partial charge in [-0.1, -0.05) is 42.5 Å². The molecule has 2 rings (SSSR count). The Morgan fingerprint density at radius 3 is 2.45 bits per heavy atom. The number of aromatic nitrogens is 1. The molecule has 2 N–H and O–H groups in total. The molecule has 0 fully saturated rings. The van der Waals surface area contributed by atoms with Crippen molar-refractivity contribution in [1.29, 1.82) is 0 Å². The first-order valence-electron chi connectivity index (χ1n) is 6.58. The average molecular weight is 285 g/mol. The summed E-state index contributed by atoms with van der Waals surface area (Å²) in [6.07, 6.45) is 3.62. The Kier molecular flexibility index (Phi) is 5.21. The Labute approximate surface area is 125 Å². The van der Waals surface area contributed by atoms with Crippen LogP contribution in [0.2, 0.25) is 0 Å². The Bertz CT molecular complexity index is 542. The molecule has 1 aromatic carbocycles. The molecule has 1 aromatic heterocycles. The molecule has 0 aliphatic carbocycles. The van der Waals surface area contributed by atoms with Gasteiger partial charge in [-0.3, -0.25) is 4.98 Å². The number of pyridine rings is 1. The summed E-state index contributed by atoms with van der Waals surface area (Å²) in [5.41, 5.74) is 8.31. The molecule has 4 heteroatoms. The number of rotatable bonds is 6. The third-order valence-electron chi connectivity index (χ3n) is 3.24. The summed E-state index contributed by atoms with van der Waals surface area (Å²) >= 11 is 5.22. The van der Waals surface area contributed by atoms with Crippen LogP contribution in [0.5, 0.6) is 0 Å². The minimum absolute atomic E-state index is 0.0815. The molecule has 0 aliphatic heterocycles. The van der Waals surface area contributed by atoms with Gasteiger partial charge in [-0.25, -0.2) is 0 Å². The molecule has 1 heterocycles. The highest BCUT2D eigenvalue weighted by Crippen LogP contribution is 2.18. The van der Waals surface area contributed by atoms with Crippen LogP contribution in [-0.2, 0) is 6.54 Å². The van der Waals surface area contributed by atoms with E-state index >= 15 is 0 Å². The van der Waals surface area contributed by atoms with E-state index in [-0.39, 0.29) is 5.92 Å². The minimum atomic E-state index is 0.0815. The van der Waals surface area contributed by atoms with Crippen molar-refractivity contribution in [3.8, 4) is 0 Å². The smallest absolute Gasteiger partial charge is 0.0816 e. The van der Waals surface area contributed by atoms with E-state index in [4.69, 9.17) is 18.0 Å². The molecule has 1 atom stereocenters. The van der Waals surface area contributed by atoms with Gasteiger partial charge in [0.15, 0.2) is 0 Å². The second-order valence-corrected chi connectivity index (χ2v) is 5.39. The van der Waals surface area contributed by atoms with Crippen LogP contribution >= 0.6 is 12.2 Å². The van der Waals surface area contributed by atoms with Crippen LogP contribution in [0.3, 0.4) is 0 Å². The summed E-state index contributed by atoms with van der Waals surface area (Å²) in [5, 5.41) is 0. The summed E-state index contributed by atoms with van der Waals surface area (Å²) in [6.45, 7) is 1.66. The molecule has 0 saturated carbocycles. The van der Waals surface area contributed by atoms with E-state index in [0.717, 1.165) is 13.1 Å². The molecule has 0 saturated heterocycles. The monoisotopic (exact) mass is 285 g/mol. The Balaban J connectivity index is 2.04. The highest BCUT2D eigenvalue weighted by atomic mass is 32.1. The normalized spacial score (nSPS) is 12.3. The fraction of sp³-hybridized carbons (Fsp3) is 0.250. The fourth-order valence-electron chi connectivity index (χ4n) is 2.22. The van der Waals surface area contributed by atoms with Crippen molar-refractivity contribution in [2.24, 2.45) is 5.73 Å². The largest absolute Gasteiger partial charge is 0.393 e. The van der Waals surface area contributed by atoms with Crippen LogP contribution in [0.1, 0.15) is 17.0 Å². The molecule has 3 nitrogen and oxygen atoms in total. The minimum Gasteiger partial charge on any atom is -0.393 e. The predicted octanol–water partition coefficient (Wildman–Crippen LogP) is 2.58. The lowest BCUT2D eigenvalue weighted by Gasteiger charge is -2.23. The number of likely N-dealkylation sites (N-methyl/N-ethyl adjacent to an activating group) is 1. The van der Waals surface area contributed by atoms with E-state index < -0.39 is 0 Å². The van der Waals surface area contributed by atoms with Gasteiger partial charge in [0.1, 0.15) is 0 Å². The zero-order valence-corrected chi connectivity index (χ0v) is 12.4. The lowest BCUT2D eigenvalue weighted by molar-refractivity contribution is 0.323. The maximum absolute atomic E-state index is 5.91. The van der Waals surface area contributed by atoms with E-state index in [1.807, 2.05) is 42.7 Å². The van der Waals surface area contributed by atoms with Gasteiger partial charge in [0.25, 0.3) is 0 Å². The first kappa shape index (κ1) is 14.6. The van der Waals surface area contributed by atoms with Crippen LogP contribution in [0.15, 0.2) is 54.9 Å². The second kappa shape index (κ2) is 7.12. The highest BCUT2D eigenvalue weighted by Gasteiger charge is 2.16. The van der Waals surface area contributed by atoms with Gasteiger partial charge in [-0.2, -0.15) is 0 Å². The van der Waals surface area contributed by atoms with Gasteiger partial charge in [-0.05, 0) is 30.3 Å². The summed E-state index contributed by atoms with van der Waals surface area (Å²) < 4.78 is 0. The molecular weight excluding hydrogens is 266 g/mol. The molecule has 1 unspecified atom stereocenters. The van der Waals surface area contributed by atoms with Gasteiger partial charge in [0.05, 0.1) is 4.99 Å². The van der Waals surface area contributed by atoms with Gasteiger partial charge in [-0.15, -0.1) is 0 Å². The van der Waals surface area contributed by atoms with E-state index in [1.54, 1.807) is 0 Å². The van der Waals surface area contributed by atoms with E-state index in [1.165, 1.54) is 11.1 Å². The Morgan fingerprint density at radius 1 is 1.20 bits per heavy atom. The second-order valence-electron chi connectivity index (χ2n) is 4.92. The van der Waals surface area contributed by atoms with Gasteiger partial charge < -0.3 is 10.6 Å². The van der Waals surface area contributed by atoms with E-state index in [9.17, 15) is 0 Å². The van der Waals surface area contributed by atoms with E-state index in [2.05, 4.69) is 29.1 Å². The topological polar surface area (TPSA) is 42.2 Å². The molecule has 0 spiro atoms. The molecular formula is C16H19N3S. The third-order valence-corrected chi connectivity index (χ3v) is 3.53. The lowest BCUT2D eigenvalue weighted by atomic mass is 9.98. The molecule has 0 amide bonds. The number of thiocarbonyl (C=S) groups is 1. The molecule has 0 bridgehead atoms. The van der Waals surface area contributed by atoms with Crippen LogP contribution < -0.4 is 5.73 Å². The van der Waals surface area contributed by atoms with Crippen molar-refractivity contribution >= 4 is 17.2 Å². The first-order valence-corrected chi connectivity index (χ1v) is 6.99. The van der Waals surface area contributed by atoms with Crippen LogP contribution in [0, 0.1) is 0 Å². The maximum atomic E-state index is 5.91. The van der Waals surface area contributed by atoms with Crippen LogP contribution in [-0.4, -0.2) is 28.5 Å². The van der Waals surface area contributed by atoms with Crippen molar-refractivity contribution in [2.75, 3.05) is 13.6 Å². The number of benzene rings is 1. The standard InChI is InChI=1S/C16H19N3S/c1-19(11-13-7-9-18-10-8-13)12-15(16(17)20)14-5-3-2-4-6-14/h2-10,15H,11-12H2,1H3,(H2,17,20). The number of hydrogen-bond donors (Lipinski definition) is 1. The number of nitrogens with two attached hydrogens (primary N) is 1. The summed E-state index contributed by atoms with van der Waals surface area (Å²) in [6, 6.07) is 14.2. The summed E-state index contributed by atoms with van der Waals surface area (Å²) in [5.74, 6) is 0.0815. The van der Waals surface area contributed by atoms with Crippen molar-refractivity contribution < 1.29 is 0 Å². The van der Waals surface area contributed by atoms with Gasteiger partial charge in [0, 0.05) is 31.4 Å². The number of nitrogens with zero attached hydrogens (tertiary/aromatic N) is 2. The van der Waals surface area contributed by atoms with Crippen LogP contribution in [0.25, 0.3) is 0 Å². The third kappa shape index (κ3) is 4.11. The zero-order chi connectivity index (χ0) is 14.4. The quantitative estimate of drug-likeness (QED) is 0.828. The molecule has 20 heavy (non-hydrogen) atoms. The average Bonchev–Trinajstić information content (AvgIpc) is 2.46.